The van der Waals surface area contributed by atoms with E-state index in [4.69, 9.17) is 9.98 Å². The SMILES string of the molecule is CCN(C1=NC(N(C)C2CCCCC2)N=C(N(C)C2CCCCC2)N1)C1CCCCC1. The first-order chi connectivity index (χ1) is 15.2. The summed E-state index contributed by atoms with van der Waals surface area (Å²) in [6.45, 7) is 3.30. The fourth-order valence-corrected chi connectivity index (χ4v) is 6.21. The molecule has 3 aliphatic carbocycles. The maximum absolute atomic E-state index is 5.22. The van der Waals surface area contributed by atoms with Crippen LogP contribution in [0, 0.1) is 0 Å². The van der Waals surface area contributed by atoms with Gasteiger partial charge < -0.3 is 9.80 Å². The maximum Gasteiger partial charge on any atom is 0.204 e. The van der Waals surface area contributed by atoms with Gasteiger partial charge in [-0.25, -0.2) is 9.98 Å². The van der Waals surface area contributed by atoms with E-state index in [0.717, 1.165) is 18.5 Å². The van der Waals surface area contributed by atoms with E-state index in [1.54, 1.807) is 0 Å². The molecule has 0 aromatic heterocycles. The highest BCUT2D eigenvalue weighted by Gasteiger charge is 2.33. The van der Waals surface area contributed by atoms with E-state index >= 15 is 0 Å². The van der Waals surface area contributed by atoms with Gasteiger partial charge in [0.05, 0.1) is 0 Å². The Hall–Kier alpha value is -1.30. The van der Waals surface area contributed by atoms with Gasteiger partial charge in [0.1, 0.15) is 0 Å². The first-order valence-corrected chi connectivity index (χ1v) is 13.3. The summed E-state index contributed by atoms with van der Waals surface area (Å²) in [6.07, 6.45) is 19.9. The number of rotatable bonds is 5. The van der Waals surface area contributed by atoms with Gasteiger partial charge in [0, 0.05) is 31.7 Å². The Kier molecular flexibility index (Phi) is 8.13. The first kappa shape index (κ1) is 22.9. The van der Waals surface area contributed by atoms with Crippen LogP contribution in [-0.2, 0) is 0 Å². The van der Waals surface area contributed by atoms with Crippen LogP contribution in [0.25, 0.3) is 0 Å². The first-order valence-electron chi connectivity index (χ1n) is 13.3. The van der Waals surface area contributed by atoms with Crippen LogP contribution in [0.2, 0.25) is 0 Å². The van der Waals surface area contributed by atoms with E-state index in [0.29, 0.717) is 18.1 Å². The van der Waals surface area contributed by atoms with Gasteiger partial charge in [0.2, 0.25) is 18.2 Å². The second kappa shape index (κ2) is 11.0. The van der Waals surface area contributed by atoms with Gasteiger partial charge in [-0.3, -0.25) is 10.2 Å². The smallest absolute Gasteiger partial charge is 0.204 e. The third-order valence-corrected chi connectivity index (χ3v) is 8.30. The zero-order valence-electron chi connectivity index (χ0n) is 20.4. The van der Waals surface area contributed by atoms with Crippen LogP contribution in [0.1, 0.15) is 103 Å². The number of nitrogens with one attached hydrogen (secondary N) is 1. The molecule has 0 saturated heterocycles. The van der Waals surface area contributed by atoms with Crippen molar-refractivity contribution in [2.24, 2.45) is 9.98 Å². The van der Waals surface area contributed by atoms with E-state index in [1.165, 1.54) is 96.3 Å². The largest absolute Gasteiger partial charge is 0.343 e. The standard InChI is InChI=1S/C25H46N6/c1-4-31(22-18-12-7-13-19-22)25-27-23(29(2)20-14-8-5-9-15-20)26-24(28-25)30(3)21-16-10-6-11-17-21/h20-23H,4-19H2,1-3H3,(H,26,27,28). The van der Waals surface area contributed by atoms with Gasteiger partial charge in [-0.2, -0.15) is 0 Å². The van der Waals surface area contributed by atoms with Crippen molar-refractivity contribution < 1.29 is 0 Å². The van der Waals surface area contributed by atoms with Gasteiger partial charge in [-0.15, -0.1) is 0 Å². The summed E-state index contributed by atoms with van der Waals surface area (Å²) >= 11 is 0. The summed E-state index contributed by atoms with van der Waals surface area (Å²) in [4.78, 5) is 17.9. The lowest BCUT2D eigenvalue weighted by molar-refractivity contribution is 0.139. The zero-order valence-corrected chi connectivity index (χ0v) is 20.4. The monoisotopic (exact) mass is 430 g/mol. The third kappa shape index (κ3) is 5.55. The van der Waals surface area contributed by atoms with E-state index in [9.17, 15) is 0 Å². The van der Waals surface area contributed by atoms with Crippen molar-refractivity contribution in [3.8, 4) is 0 Å². The Morgan fingerprint density at radius 1 is 0.677 bits per heavy atom. The van der Waals surface area contributed by atoms with Gasteiger partial charge >= 0.3 is 0 Å². The third-order valence-electron chi connectivity index (χ3n) is 8.30. The molecule has 31 heavy (non-hydrogen) atoms. The number of nitrogens with zero attached hydrogens (tertiary/aromatic N) is 5. The molecule has 0 spiro atoms. The van der Waals surface area contributed by atoms with Crippen molar-refractivity contribution in [2.45, 2.75) is 128 Å². The van der Waals surface area contributed by atoms with Crippen molar-refractivity contribution in [2.75, 3.05) is 20.6 Å². The lowest BCUT2D eigenvalue weighted by atomic mass is 9.94. The molecule has 0 aromatic carbocycles. The van der Waals surface area contributed by atoms with Crippen LogP contribution in [-0.4, -0.2) is 71.7 Å². The Morgan fingerprint density at radius 3 is 1.71 bits per heavy atom. The minimum absolute atomic E-state index is 0.0990. The molecule has 6 nitrogen and oxygen atoms in total. The van der Waals surface area contributed by atoms with Crippen LogP contribution in [0.3, 0.4) is 0 Å². The molecule has 176 valence electrons. The van der Waals surface area contributed by atoms with Crippen molar-refractivity contribution in [1.29, 1.82) is 0 Å². The lowest BCUT2D eigenvalue weighted by Gasteiger charge is -2.42. The fourth-order valence-electron chi connectivity index (χ4n) is 6.21. The van der Waals surface area contributed by atoms with Crippen LogP contribution in [0.5, 0.6) is 0 Å². The molecule has 1 N–H and O–H groups in total. The molecule has 3 saturated carbocycles. The maximum atomic E-state index is 5.22. The highest BCUT2D eigenvalue weighted by atomic mass is 15.5. The van der Waals surface area contributed by atoms with Crippen LogP contribution in [0.4, 0.5) is 0 Å². The summed E-state index contributed by atoms with van der Waals surface area (Å²) < 4.78 is 0. The zero-order chi connectivity index (χ0) is 21.6. The van der Waals surface area contributed by atoms with E-state index in [2.05, 4.69) is 41.0 Å². The fraction of sp³-hybridized carbons (Fsp3) is 0.920. The number of hydrogen-bond donors (Lipinski definition) is 1. The molecule has 1 heterocycles. The predicted molar refractivity (Wildman–Crippen MR) is 130 cm³/mol. The van der Waals surface area contributed by atoms with Crippen molar-refractivity contribution in [3.05, 3.63) is 0 Å². The quantitative estimate of drug-likeness (QED) is 0.682. The lowest BCUT2D eigenvalue weighted by Crippen LogP contribution is -2.58. The molecule has 1 unspecified atom stereocenters. The Labute approximate surface area is 190 Å². The Balaban J connectivity index is 1.56. The molecular weight excluding hydrogens is 384 g/mol. The molecule has 3 fully saturated rings. The molecule has 0 bridgehead atoms. The van der Waals surface area contributed by atoms with Crippen molar-refractivity contribution >= 4 is 11.9 Å². The topological polar surface area (TPSA) is 46.5 Å². The number of guanidine groups is 2. The summed E-state index contributed by atoms with van der Waals surface area (Å²) in [7, 11) is 4.50. The summed E-state index contributed by atoms with van der Waals surface area (Å²) in [5.41, 5.74) is 0. The van der Waals surface area contributed by atoms with E-state index in [-0.39, 0.29) is 6.29 Å². The highest BCUT2D eigenvalue weighted by molar-refractivity contribution is 6.00. The minimum Gasteiger partial charge on any atom is -0.343 e. The second-order valence-electron chi connectivity index (χ2n) is 10.3. The number of hydrogen-bond acceptors (Lipinski definition) is 6. The molecule has 0 radical (unpaired) electrons. The van der Waals surface area contributed by atoms with Gasteiger partial charge in [0.15, 0.2) is 0 Å². The number of aliphatic imine (C=N–C) groups is 2. The average molecular weight is 431 g/mol. The molecular formula is C25H46N6. The predicted octanol–water partition coefficient (Wildman–Crippen LogP) is 4.77. The molecule has 1 aliphatic heterocycles. The summed E-state index contributed by atoms with van der Waals surface area (Å²) in [6, 6.07) is 1.83. The second-order valence-corrected chi connectivity index (χ2v) is 10.3. The summed E-state index contributed by atoms with van der Waals surface area (Å²) in [5, 5.41) is 3.71. The molecule has 6 heteroatoms. The molecule has 0 aromatic rings. The average Bonchev–Trinajstić information content (AvgIpc) is 2.85. The summed E-state index contributed by atoms with van der Waals surface area (Å²) in [5.74, 6) is 2.11. The normalized spacial score (nSPS) is 26.9. The molecule has 4 rings (SSSR count). The van der Waals surface area contributed by atoms with Gasteiger partial charge in [-0.1, -0.05) is 57.8 Å². The molecule has 0 amide bonds. The Morgan fingerprint density at radius 2 is 1.16 bits per heavy atom. The molecule has 4 aliphatic rings. The van der Waals surface area contributed by atoms with Crippen molar-refractivity contribution in [1.82, 2.24) is 20.0 Å². The van der Waals surface area contributed by atoms with Gasteiger partial charge in [-0.05, 0) is 52.5 Å². The van der Waals surface area contributed by atoms with Crippen LogP contribution >= 0.6 is 0 Å². The highest BCUT2D eigenvalue weighted by Crippen LogP contribution is 2.27. The van der Waals surface area contributed by atoms with Crippen LogP contribution < -0.4 is 5.32 Å². The van der Waals surface area contributed by atoms with Crippen molar-refractivity contribution in [3.63, 3.8) is 0 Å². The molecule has 1 atom stereocenters. The van der Waals surface area contributed by atoms with Gasteiger partial charge in [0.25, 0.3) is 0 Å². The van der Waals surface area contributed by atoms with E-state index < -0.39 is 0 Å². The van der Waals surface area contributed by atoms with E-state index in [1.807, 2.05) is 0 Å². The minimum atomic E-state index is -0.0990. The Bertz CT molecular complexity index is 614. The van der Waals surface area contributed by atoms with Crippen LogP contribution in [0.15, 0.2) is 9.98 Å².